The van der Waals surface area contributed by atoms with Crippen LogP contribution in [-0.4, -0.2) is 96.7 Å². The molecule has 0 radical (unpaired) electrons. The number of ether oxygens (including phenoxy) is 4. The first-order chi connectivity index (χ1) is 51.7. The van der Waals surface area contributed by atoms with E-state index in [1.807, 2.05) is 24.3 Å². The molecule has 17 nitrogen and oxygen atoms in total. The molecule has 0 aromatic rings. The summed E-state index contributed by atoms with van der Waals surface area (Å²) in [6.07, 6.45) is 95.4. The van der Waals surface area contributed by atoms with Gasteiger partial charge in [0.05, 0.1) is 26.4 Å². The fraction of sp³-hybridized carbons (Fsp3) is 0.563. The first-order valence-electron chi connectivity index (χ1n) is 39.3. The largest absolute Gasteiger partial charge is 0.472 e. The summed E-state index contributed by atoms with van der Waals surface area (Å²) in [6, 6.07) is 0. The van der Waals surface area contributed by atoms with Gasteiger partial charge in [-0.2, -0.15) is 0 Å². The summed E-state index contributed by atoms with van der Waals surface area (Å²) >= 11 is 0. The summed E-state index contributed by atoms with van der Waals surface area (Å²) in [5, 5.41) is 10.6. The molecule has 106 heavy (non-hydrogen) atoms. The molecule has 3 N–H and O–H groups in total. The zero-order valence-electron chi connectivity index (χ0n) is 65.0. The Morgan fingerprint density at radius 2 is 0.472 bits per heavy atom. The topological polar surface area (TPSA) is 237 Å². The van der Waals surface area contributed by atoms with Crippen LogP contribution in [0.25, 0.3) is 0 Å². The van der Waals surface area contributed by atoms with E-state index in [2.05, 4.69) is 210 Å². The van der Waals surface area contributed by atoms with Gasteiger partial charge in [0, 0.05) is 25.7 Å². The standard InChI is InChI=1S/C87H136O17P2/c1-5-9-13-17-21-25-29-33-37-40-44-47-51-55-59-63-67-71-84(89)97-77-82(103-86(91)73-69-65-61-57-53-49-43-36-32-28-24-20-16-12-8-4)79-101-105(93,94)99-75-81(88)76-100-106(95,96)102-80-83(104-87(92)74-70-66-62-58-54-50-46-42-39-35-31-27-23-19-15-11-7-3)78-98-85(90)72-68-64-60-56-52-48-45-41-38-34-30-26-22-18-14-10-6-2/h9-16,21-28,33-39,43-48,50,55-56,59-60,81-83,88H,5-8,17-20,29-32,40-42,49,51-54,57-58,61-80H2,1-4H3,(H,93,94)(H,95,96)/b13-9-,14-10-,15-11-,16-12-,25-21-,26-22-,27-23-,28-24-,37-33-,38-34-,39-35-,43-36-,47-44-,48-45-,50-46-,59-55-,60-56-. The van der Waals surface area contributed by atoms with Crippen molar-refractivity contribution >= 4 is 39.5 Å². The molecule has 0 aromatic carbocycles. The van der Waals surface area contributed by atoms with Crippen molar-refractivity contribution in [3.8, 4) is 0 Å². The summed E-state index contributed by atoms with van der Waals surface area (Å²) in [4.78, 5) is 73.0. The summed E-state index contributed by atoms with van der Waals surface area (Å²) in [7, 11) is -10.0. The van der Waals surface area contributed by atoms with E-state index < -0.39 is 97.5 Å². The number of phosphoric ester groups is 2. The Bertz CT molecular complexity index is 2830. The predicted molar refractivity (Wildman–Crippen MR) is 435 cm³/mol. The predicted octanol–water partition coefficient (Wildman–Crippen LogP) is 23.1. The number of hydrogen-bond acceptors (Lipinski definition) is 15. The molecule has 0 rings (SSSR count). The van der Waals surface area contributed by atoms with Gasteiger partial charge in [0.1, 0.15) is 19.3 Å². The normalized spacial score (nSPS) is 15.0. The van der Waals surface area contributed by atoms with Gasteiger partial charge in [-0.3, -0.25) is 37.3 Å². The van der Waals surface area contributed by atoms with Crippen LogP contribution < -0.4 is 0 Å². The molecule has 0 saturated carbocycles. The Morgan fingerprint density at radius 1 is 0.264 bits per heavy atom. The number of unbranched alkanes of at least 4 members (excludes halogenated alkanes) is 11. The van der Waals surface area contributed by atoms with Gasteiger partial charge in [-0.1, -0.05) is 266 Å². The SMILES string of the molecule is CC/C=C\C/C=C\C/C=C\C/C=C\C/C=C\CCCC(=O)OCC(COP(=O)(O)OCC(O)COP(=O)(O)OCC(COC(=O)CCC/C=C\C/C=C\C/C=C\C/C=C\C/C=C\CC)OC(=O)CCCCCCC/C=C\C/C=C\C/C=C\CC)OC(=O)CCCCCC/C=C\C/C=C\C/C=C\C/C=C\CC. The maximum Gasteiger partial charge on any atom is 0.472 e. The molecule has 0 saturated heterocycles. The number of rotatable bonds is 71. The molecule has 0 bridgehead atoms. The molecular formula is C87H136O17P2. The summed E-state index contributed by atoms with van der Waals surface area (Å²) in [6.45, 7) is 4.20. The van der Waals surface area contributed by atoms with Crippen molar-refractivity contribution in [2.75, 3.05) is 39.6 Å². The summed E-state index contributed by atoms with van der Waals surface area (Å²) in [5.41, 5.74) is 0. The molecule has 0 aliphatic heterocycles. The van der Waals surface area contributed by atoms with Crippen LogP contribution in [0.3, 0.4) is 0 Å². The third-order valence-corrected chi connectivity index (χ3v) is 17.1. The van der Waals surface area contributed by atoms with E-state index in [1.165, 1.54) is 0 Å². The van der Waals surface area contributed by atoms with Gasteiger partial charge in [-0.25, -0.2) is 9.13 Å². The molecule has 5 atom stereocenters. The van der Waals surface area contributed by atoms with E-state index in [-0.39, 0.29) is 25.7 Å². The molecule has 0 aromatic heterocycles. The van der Waals surface area contributed by atoms with Crippen molar-refractivity contribution in [2.24, 2.45) is 0 Å². The van der Waals surface area contributed by atoms with E-state index in [1.54, 1.807) is 0 Å². The third kappa shape index (κ3) is 75.9. The molecular weight excluding hydrogens is 1380 g/mol. The van der Waals surface area contributed by atoms with Crippen LogP contribution in [0.15, 0.2) is 207 Å². The van der Waals surface area contributed by atoms with Gasteiger partial charge in [0.25, 0.3) is 0 Å². The monoisotopic (exact) mass is 1510 g/mol. The van der Waals surface area contributed by atoms with E-state index in [0.29, 0.717) is 38.5 Å². The lowest BCUT2D eigenvalue weighted by molar-refractivity contribution is -0.161. The number of hydrogen-bond donors (Lipinski definition) is 3. The van der Waals surface area contributed by atoms with Crippen molar-refractivity contribution in [2.45, 2.75) is 277 Å². The lowest BCUT2D eigenvalue weighted by Crippen LogP contribution is -2.30. The molecule has 5 unspecified atom stereocenters. The highest BCUT2D eigenvalue weighted by Gasteiger charge is 2.30. The second-order valence-electron chi connectivity index (χ2n) is 25.1. The lowest BCUT2D eigenvalue weighted by atomic mass is 10.1. The Labute approximate surface area is 639 Å². The Kier molecular flexibility index (Phi) is 72.2. The van der Waals surface area contributed by atoms with Gasteiger partial charge in [-0.15, -0.1) is 0 Å². The van der Waals surface area contributed by atoms with Crippen LogP contribution >= 0.6 is 15.6 Å². The minimum atomic E-state index is -5.01. The molecule has 596 valence electrons. The molecule has 0 fully saturated rings. The second-order valence-corrected chi connectivity index (χ2v) is 28.0. The number of carbonyl (C=O) groups excluding carboxylic acids is 4. The van der Waals surface area contributed by atoms with Gasteiger partial charge in [-0.05, 0) is 173 Å². The molecule has 0 aliphatic carbocycles. The van der Waals surface area contributed by atoms with Crippen molar-refractivity contribution < 1.29 is 80.2 Å². The van der Waals surface area contributed by atoms with E-state index in [4.69, 9.17) is 37.0 Å². The first kappa shape index (κ1) is 99.6. The molecule has 19 heteroatoms. The van der Waals surface area contributed by atoms with Gasteiger partial charge >= 0.3 is 39.5 Å². The average Bonchev–Trinajstić information content (AvgIpc) is 0.902. The van der Waals surface area contributed by atoms with Gasteiger partial charge < -0.3 is 33.8 Å². The third-order valence-electron chi connectivity index (χ3n) is 15.2. The molecule has 0 amide bonds. The summed E-state index contributed by atoms with van der Waals surface area (Å²) < 4.78 is 68.5. The highest BCUT2D eigenvalue weighted by Crippen LogP contribution is 2.45. The van der Waals surface area contributed by atoms with E-state index >= 15 is 0 Å². The summed E-state index contributed by atoms with van der Waals surface area (Å²) in [5.74, 6) is -2.38. The lowest BCUT2D eigenvalue weighted by Gasteiger charge is -2.21. The number of carbonyl (C=O) groups is 4. The van der Waals surface area contributed by atoms with Crippen LogP contribution in [0.4, 0.5) is 0 Å². The maximum absolute atomic E-state index is 13.1. The zero-order chi connectivity index (χ0) is 77.4. The fourth-order valence-electron chi connectivity index (χ4n) is 9.41. The smallest absolute Gasteiger partial charge is 0.462 e. The first-order valence-corrected chi connectivity index (χ1v) is 42.3. The van der Waals surface area contributed by atoms with Crippen molar-refractivity contribution in [3.05, 3.63) is 207 Å². The minimum Gasteiger partial charge on any atom is -0.462 e. The number of aliphatic hydroxyl groups excluding tert-OH is 1. The molecule has 0 spiro atoms. The van der Waals surface area contributed by atoms with Crippen molar-refractivity contribution in [3.63, 3.8) is 0 Å². The molecule has 0 heterocycles. The number of esters is 4. The van der Waals surface area contributed by atoms with Crippen molar-refractivity contribution in [1.82, 2.24) is 0 Å². The highest BCUT2D eigenvalue weighted by atomic mass is 31.2. The average molecular weight is 1520 g/mol. The van der Waals surface area contributed by atoms with Crippen LogP contribution in [0.2, 0.25) is 0 Å². The van der Waals surface area contributed by atoms with Crippen LogP contribution in [-0.2, 0) is 65.4 Å². The van der Waals surface area contributed by atoms with Crippen LogP contribution in [0.1, 0.15) is 259 Å². The quantitative estimate of drug-likeness (QED) is 0.0169. The number of phosphoric acid groups is 2. The van der Waals surface area contributed by atoms with Crippen LogP contribution in [0, 0.1) is 0 Å². The number of allylic oxidation sites excluding steroid dienone is 34. The van der Waals surface area contributed by atoms with Crippen LogP contribution in [0.5, 0.6) is 0 Å². The highest BCUT2D eigenvalue weighted by molar-refractivity contribution is 7.47. The Balaban J connectivity index is 5.54. The number of aliphatic hydroxyl groups is 1. The van der Waals surface area contributed by atoms with E-state index in [9.17, 15) is 43.2 Å². The fourth-order valence-corrected chi connectivity index (χ4v) is 11.0. The van der Waals surface area contributed by atoms with E-state index in [0.717, 1.165) is 167 Å². The maximum atomic E-state index is 13.1. The van der Waals surface area contributed by atoms with Crippen molar-refractivity contribution in [1.29, 1.82) is 0 Å². The Morgan fingerprint density at radius 3 is 0.736 bits per heavy atom. The van der Waals surface area contributed by atoms with Gasteiger partial charge in [0.15, 0.2) is 12.2 Å². The second kappa shape index (κ2) is 76.8. The molecule has 0 aliphatic rings. The van der Waals surface area contributed by atoms with Gasteiger partial charge in [0.2, 0.25) is 0 Å². The zero-order valence-corrected chi connectivity index (χ0v) is 66.8. The minimum absolute atomic E-state index is 0.0440. The Hall–Kier alpha value is -6.36.